The van der Waals surface area contributed by atoms with Gasteiger partial charge in [0, 0.05) is 31.2 Å². The number of oxazole rings is 1. The summed E-state index contributed by atoms with van der Waals surface area (Å²) in [6, 6.07) is 15.3. The van der Waals surface area contributed by atoms with E-state index < -0.39 is 0 Å². The maximum atomic E-state index is 5.74. The van der Waals surface area contributed by atoms with Crippen molar-refractivity contribution in [3.63, 3.8) is 0 Å². The van der Waals surface area contributed by atoms with Gasteiger partial charge >= 0.3 is 0 Å². The second-order valence-corrected chi connectivity index (χ2v) is 8.00. The quantitative estimate of drug-likeness (QED) is 0.544. The number of hydrogen-bond acceptors (Lipinski definition) is 6. The van der Waals surface area contributed by atoms with Crippen LogP contribution in [0, 0.1) is 6.92 Å². The van der Waals surface area contributed by atoms with E-state index in [0.717, 1.165) is 55.2 Å². The van der Waals surface area contributed by atoms with Gasteiger partial charge in [-0.3, -0.25) is 4.90 Å². The van der Waals surface area contributed by atoms with Crippen LogP contribution in [0.25, 0.3) is 11.3 Å². The molecule has 0 amide bonds. The van der Waals surface area contributed by atoms with Crippen LogP contribution in [0.15, 0.2) is 53.1 Å². The summed E-state index contributed by atoms with van der Waals surface area (Å²) < 4.78 is 16.7. The number of benzene rings is 2. The third-order valence-corrected chi connectivity index (χ3v) is 5.74. The van der Waals surface area contributed by atoms with E-state index in [-0.39, 0.29) is 0 Å². The first-order valence-corrected chi connectivity index (χ1v) is 11.0. The highest BCUT2D eigenvalue weighted by atomic mass is 16.5. The van der Waals surface area contributed by atoms with E-state index in [4.69, 9.17) is 13.9 Å². The van der Waals surface area contributed by atoms with E-state index in [1.165, 1.54) is 11.1 Å². The highest BCUT2D eigenvalue weighted by Crippen LogP contribution is 2.26. The summed E-state index contributed by atoms with van der Waals surface area (Å²) in [5.41, 5.74) is 4.28. The van der Waals surface area contributed by atoms with Crippen LogP contribution in [-0.2, 0) is 6.54 Å². The van der Waals surface area contributed by atoms with Gasteiger partial charge in [0.05, 0.1) is 13.7 Å². The van der Waals surface area contributed by atoms with Gasteiger partial charge < -0.3 is 19.2 Å². The van der Waals surface area contributed by atoms with Crippen molar-refractivity contribution in [2.24, 2.45) is 0 Å². The van der Waals surface area contributed by atoms with Crippen LogP contribution in [0.3, 0.4) is 0 Å². The minimum atomic E-state index is 0.366. The topological polar surface area (TPSA) is 59.8 Å². The molecule has 1 aromatic heterocycles. The van der Waals surface area contributed by atoms with E-state index in [1.807, 2.05) is 31.2 Å². The summed E-state index contributed by atoms with van der Waals surface area (Å²) in [5.74, 6) is 1.80. The fourth-order valence-electron chi connectivity index (χ4n) is 3.98. The Kier molecular flexibility index (Phi) is 6.77. The van der Waals surface area contributed by atoms with Crippen LogP contribution >= 0.6 is 0 Å². The highest BCUT2D eigenvalue weighted by molar-refractivity contribution is 5.61. The van der Waals surface area contributed by atoms with Crippen molar-refractivity contribution in [3.8, 4) is 22.8 Å². The van der Waals surface area contributed by atoms with Crippen LogP contribution in [-0.4, -0.2) is 42.7 Å². The number of rotatable bonds is 8. The molecule has 0 unspecified atom stereocenters. The fourth-order valence-corrected chi connectivity index (χ4v) is 3.98. The summed E-state index contributed by atoms with van der Waals surface area (Å²) in [5, 5.41) is 3.46. The minimum Gasteiger partial charge on any atom is -0.497 e. The van der Waals surface area contributed by atoms with Gasteiger partial charge in [0.1, 0.15) is 23.5 Å². The molecule has 31 heavy (non-hydrogen) atoms. The molecule has 0 radical (unpaired) electrons. The monoisotopic (exact) mass is 421 g/mol. The molecular formula is C25H31N3O3. The smallest absolute Gasteiger partial charge is 0.295 e. The molecule has 2 heterocycles. The lowest BCUT2D eigenvalue weighted by atomic mass is 10.0. The largest absolute Gasteiger partial charge is 0.497 e. The average molecular weight is 422 g/mol. The number of hydrogen-bond donors (Lipinski definition) is 1. The molecule has 6 nitrogen and oxygen atoms in total. The normalized spacial score (nSPS) is 15.1. The van der Waals surface area contributed by atoms with Crippen molar-refractivity contribution in [2.45, 2.75) is 39.3 Å². The Hall–Kier alpha value is -2.99. The molecular weight excluding hydrogens is 390 g/mol. The first kappa shape index (κ1) is 21.2. The molecule has 1 aliphatic rings. The number of methoxy groups -OCH3 is 1. The SMILES string of the molecule is CCOc1cc(CN2CCC(Nc3nc(-c4cccc(OC)c4)co3)CC2)ccc1C. The lowest BCUT2D eigenvalue weighted by Gasteiger charge is -2.32. The Bertz CT molecular complexity index is 993. The zero-order valence-electron chi connectivity index (χ0n) is 18.6. The van der Waals surface area contributed by atoms with Gasteiger partial charge in [0.2, 0.25) is 0 Å². The molecule has 164 valence electrons. The van der Waals surface area contributed by atoms with Crippen molar-refractivity contribution in [2.75, 3.05) is 32.1 Å². The van der Waals surface area contributed by atoms with Gasteiger partial charge in [-0.1, -0.05) is 24.3 Å². The minimum absolute atomic E-state index is 0.366. The fraction of sp³-hybridized carbons (Fsp3) is 0.400. The van der Waals surface area contributed by atoms with Crippen molar-refractivity contribution < 1.29 is 13.9 Å². The molecule has 0 spiro atoms. The molecule has 0 bridgehead atoms. The van der Waals surface area contributed by atoms with Crippen LogP contribution in [0.4, 0.5) is 6.01 Å². The number of aromatic nitrogens is 1. The molecule has 2 aromatic carbocycles. The Morgan fingerprint density at radius 1 is 1.16 bits per heavy atom. The molecule has 0 saturated carbocycles. The third-order valence-electron chi connectivity index (χ3n) is 5.74. The van der Waals surface area contributed by atoms with E-state index in [2.05, 4.69) is 40.3 Å². The van der Waals surface area contributed by atoms with E-state index >= 15 is 0 Å². The maximum absolute atomic E-state index is 5.74. The van der Waals surface area contributed by atoms with Gasteiger partial charge in [-0.2, -0.15) is 4.98 Å². The van der Waals surface area contributed by atoms with Gasteiger partial charge in [0.15, 0.2) is 0 Å². The van der Waals surface area contributed by atoms with Crippen molar-refractivity contribution in [1.29, 1.82) is 0 Å². The second-order valence-electron chi connectivity index (χ2n) is 8.00. The molecule has 6 heteroatoms. The summed E-state index contributed by atoms with van der Waals surface area (Å²) in [7, 11) is 1.66. The summed E-state index contributed by atoms with van der Waals surface area (Å²) in [6.07, 6.45) is 3.81. The van der Waals surface area contributed by atoms with Crippen molar-refractivity contribution in [3.05, 3.63) is 59.9 Å². The Morgan fingerprint density at radius 3 is 2.77 bits per heavy atom. The van der Waals surface area contributed by atoms with Gasteiger partial charge in [-0.15, -0.1) is 0 Å². The number of likely N-dealkylation sites (tertiary alicyclic amines) is 1. The van der Waals surface area contributed by atoms with Crippen LogP contribution in [0.2, 0.25) is 0 Å². The summed E-state index contributed by atoms with van der Waals surface area (Å²) in [4.78, 5) is 7.11. The number of anilines is 1. The lowest BCUT2D eigenvalue weighted by molar-refractivity contribution is 0.210. The van der Waals surface area contributed by atoms with Crippen molar-refractivity contribution in [1.82, 2.24) is 9.88 Å². The zero-order chi connectivity index (χ0) is 21.6. The van der Waals surface area contributed by atoms with Crippen LogP contribution < -0.4 is 14.8 Å². The van der Waals surface area contributed by atoms with Gasteiger partial charge in [0.25, 0.3) is 6.01 Å². The molecule has 1 saturated heterocycles. The van der Waals surface area contributed by atoms with Crippen molar-refractivity contribution >= 4 is 6.01 Å². The molecule has 1 N–H and O–H groups in total. The summed E-state index contributed by atoms with van der Waals surface area (Å²) >= 11 is 0. The Morgan fingerprint density at radius 2 is 2.00 bits per heavy atom. The number of nitrogens with zero attached hydrogens (tertiary/aromatic N) is 2. The van der Waals surface area contributed by atoms with Gasteiger partial charge in [-0.25, -0.2) is 0 Å². The summed E-state index contributed by atoms with van der Waals surface area (Å²) in [6.45, 7) is 7.84. The second kappa shape index (κ2) is 9.88. The Labute approximate surface area is 184 Å². The highest BCUT2D eigenvalue weighted by Gasteiger charge is 2.21. The number of aryl methyl sites for hydroxylation is 1. The maximum Gasteiger partial charge on any atom is 0.295 e. The predicted molar refractivity (Wildman–Crippen MR) is 123 cm³/mol. The predicted octanol–water partition coefficient (Wildman–Crippen LogP) is 5.13. The molecule has 4 rings (SSSR count). The lowest BCUT2D eigenvalue weighted by Crippen LogP contribution is -2.38. The molecule has 1 aliphatic heterocycles. The first-order valence-electron chi connectivity index (χ1n) is 11.0. The number of ether oxygens (including phenoxy) is 2. The van der Waals surface area contributed by atoms with E-state index in [1.54, 1.807) is 13.4 Å². The third kappa shape index (κ3) is 5.39. The molecule has 0 aliphatic carbocycles. The number of nitrogens with one attached hydrogen (secondary N) is 1. The standard InChI is InChI=1S/C25H31N3O3/c1-4-30-24-14-19(9-8-18(24)2)16-28-12-10-21(11-13-28)26-25-27-23(17-31-25)20-6-5-7-22(15-20)29-3/h5-9,14-15,17,21H,4,10-13,16H2,1-3H3,(H,26,27). The first-order chi connectivity index (χ1) is 15.1. The van der Waals surface area contributed by atoms with Gasteiger partial charge in [-0.05, 0) is 56.0 Å². The van der Waals surface area contributed by atoms with E-state index in [0.29, 0.717) is 18.7 Å². The molecule has 3 aromatic rings. The van der Waals surface area contributed by atoms with Crippen LogP contribution in [0.5, 0.6) is 11.5 Å². The zero-order valence-corrected chi connectivity index (χ0v) is 18.6. The van der Waals surface area contributed by atoms with E-state index in [9.17, 15) is 0 Å². The Balaban J connectivity index is 1.30. The number of piperidine rings is 1. The molecule has 1 fully saturated rings. The molecule has 0 atom stereocenters. The van der Waals surface area contributed by atoms with Crippen LogP contribution in [0.1, 0.15) is 30.9 Å². The average Bonchev–Trinajstić information content (AvgIpc) is 3.26.